The molecule has 108 valence electrons. The lowest BCUT2D eigenvalue weighted by Gasteiger charge is -2.16. The fourth-order valence-corrected chi connectivity index (χ4v) is 2.67. The van der Waals surface area contributed by atoms with Crippen LogP contribution in [0.5, 0.6) is 0 Å². The summed E-state index contributed by atoms with van der Waals surface area (Å²) in [5, 5.41) is 2.68. The predicted octanol–water partition coefficient (Wildman–Crippen LogP) is 3.21. The molecule has 0 spiro atoms. The highest BCUT2D eigenvalue weighted by Crippen LogP contribution is 2.34. The van der Waals surface area contributed by atoms with Crippen molar-refractivity contribution < 1.29 is 18.0 Å². The zero-order valence-electron chi connectivity index (χ0n) is 10.4. The molecule has 1 aliphatic rings. The van der Waals surface area contributed by atoms with Crippen LogP contribution in [0.1, 0.15) is 5.69 Å². The Morgan fingerprint density at radius 2 is 2.05 bits per heavy atom. The van der Waals surface area contributed by atoms with Gasteiger partial charge in [0.15, 0.2) is 5.82 Å². The van der Waals surface area contributed by atoms with Crippen molar-refractivity contribution in [2.45, 2.75) is 11.1 Å². The largest absolute Gasteiger partial charge is 0.433 e. The van der Waals surface area contributed by atoms with E-state index in [1.165, 1.54) is 11.8 Å². The van der Waals surface area contributed by atoms with Crippen molar-refractivity contribution in [1.29, 1.82) is 0 Å². The van der Waals surface area contributed by atoms with Crippen molar-refractivity contribution in [3.05, 3.63) is 36.2 Å². The third-order valence-corrected chi connectivity index (χ3v) is 3.89. The van der Waals surface area contributed by atoms with E-state index in [4.69, 9.17) is 0 Å². The smallest absolute Gasteiger partial charge is 0.324 e. The second-order valence-corrected chi connectivity index (χ2v) is 5.33. The molecular formula is C13H8F3N3OS. The summed E-state index contributed by atoms with van der Waals surface area (Å²) in [6.07, 6.45) is -3.45. The third-order valence-electron chi connectivity index (χ3n) is 2.82. The van der Waals surface area contributed by atoms with Gasteiger partial charge in [-0.05, 0) is 24.3 Å². The number of rotatable bonds is 1. The van der Waals surface area contributed by atoms with Gasteiger partial charge in [0.25, 0.3) is 0 Å². The fourth-order valence-electron chi connectivity index (χ4n) is 1.88. The molecular weight excluding hydrogens is 303 g/mol. The average molecular weight is 311 g/mol. The number of thioether (sulfide) groups is 1. The Kier molecular flexibility index (Phi) is 3.32. The van der Waals surface area contributed by atoms with Crippen LogP contribution in [-0.4, -0.2) is 21.6 Å². The lowest BCUT2D eigenvalue weighted by atomic mass is 10.1. The Balaban J connectivity index is 2.01. The maximum absolute atomic E-state index is 12.7. The number of benzene rings is 1. The first-order valence-electron chi connectivity index (χ1n) is 5.91. The lowest BCUT2D eigenvalue weighted by Crippen LogP contribution is -2.18. The molecule has 0 aliphatic carbocycles. The Labute approximate surface area is 121 Å². The van der Waals surface area contributed by atoms with Crippen LogP contribution in [0.3, 0.4) is 0 Å². The molecule has 1 amide bonds. The van der Waals surface area contributed by atoms with Gasteiger partial charge in [-0.25, -0.2) is 9.97 Å². The van der Waals surface area contributed by atoms with Crippen LogP contribution in [0.15, 0.2) is 35.4 Å². The summed E-state index contributed by atoms with van der Waals surface area (Å²) in [5.74, 6) is 0.152. The SMILES string of the molecule is O=C1CSc2ccc(-c3nccc(C(F)(F)F)n3)cc2N1. The Bertz CT molecular complexity index is 718. The van der Waals surface area contributed by atoms with Gasteiger partial charge in [0.05, 0.1) is 11.4 Å². The summed E-state index contributed by atoms with van der Waals surface area (Å²) in [6, 6.07) is 5.77. The first-order chi connectivity index (χ1) is 9.93. The summed E-state index contributed by atoms with van der Waals surface area (Å²) in [5.41, 5.74) is -0.0129. The van der Waals surface area contributed by atoms with E-state index >= 15 is 0 Å². The molecule has 4 nitrogen and oxygen atoms in total. The number of carbonyl (C=O) groups excluding carboxylic acids is 1. The van der Waals surface area contributed by atoms with E-state index in [9.17, 15) is 18.0 Å². The van der Waals surface area contributed by atoms with Gasteiger partial charge in [0.2, 0.25) is 5.91 Å². The van der Waals surface area contributed by atoms with E-state index in [1.54, 1.807) is 18.2 Å². The molecule has 3 rings (SSSR count). The van der Waals surface area contributed by atoms with Crippen LogP contribution >= 0.6 is 11.8 Å². The first kappa shape index (κ1) is 13.9. The summed E-state index contributed by atoms with van der Waals surface area (Å²) < 4.78 is 38.0. The molecule has 0 unspecified atom stereocenters. The number of amides is 1. The molecule has 21 heavy (non-hydrogen) atoms. The van der Waals surface area contributed by atoms with Gasteiger partial charge in [0, 0.05) is 16.7 Å². The normalized spacial score (nSPS) is 14.5. The molecule has 1 aliphatic heterocycles. The van der Waals surface area contributed by atoms with Gasteiger partial charge < -0.3 is 5.32 Å². The van der Waals surface area contributed by atoms with Crippen LogP contribution in [-0.2, 0) is 11.0 Å². The number of carbonyl (C=O) groups is 1. The van der Waals surface area contributed by atoms with E-state index < -0.39 is 11.9 Å². The third kappa shape index (κ3) is 2.85. The van der Waals surface area contributed by atoms with Crippen LogP contribution in [0.25, 0.3) is 11.4 Å². The number of nitrogens with one attached hydrogen (secondary N) is 1. The maximum Gasteiger partial charge on any atom is 0.433 e. The van der Waals surface area contributed by atoms with Crippen molar-refractivity contribution in [3.8, 4) is 11.4 Å². The molecule has 2 heterocycles. The van der Waals surface area contributed by atoms with E-state index in [0.29, 0.717) is 17.0 Å². The first-order valence-corrected chi connectivity index (χ1v) is 6.89. The van der Waals surface area contributed by atoms with Crippen LogP contribution in [0.2, 0.25) is 0 Å². The standard InChI is InChI=1S/C13H8F3N3OS/c14-13(15,16)10-3-4-17-12(19-10)7-1-2-9-8(5-7)18-11(20)6-21-9/h1-5H,6H2,(H,18,20). The minimum absolute atomic E-state index is 0.0301. The van der Waals surface area contributed by atoms with Gasteiger partial charge >= 0.3 is 6.18 Å². The number of anilines is 1. The van der Waals surface area contributed by atoms with E-state index in [-0.39, 0.29) is 11.7 Å². The number of fused-ring (bicyclic) bond motifs is 1. The summed E-state index contributed by atoms with van der Waals surface area (Å²) in [4.78, 5) is 19.6. The van der Waals surface area contributed by atoms with E-state index in [0.717, 1.165) is 17.2 Å². The molecule has 2 aromatic rings. The fraction of sp³-hybridized carbons (Fsp3) is 0.154. The topological polar surface area (TPSA) is 54.9 Å². The number of hydrogen-bond acceptors (Lipinski definition) is 4. The van der Waals surface area contributed by atoms with Crippen LogP contribution < -0.4 is 5.32 Å². The summed E-state index contributed by atoms with van der Waals surface area (Å²) in [7, 11) is 0. The van der Waals surface area contributed by atoms with Crippen molar-refractivity contribution in [2.75, 3.05) is 11.1 Å². The van der Waals surface area contributed by atoms with E-state index in [1.807, 2.05) is 0 Å². The Hall–Kier alpha value is -2.09. The maximum atomic E-state index is 12.7. The zero-order valence-corrected chi connectivity index (χ0v) is 11.3. The number of alkyl halides is 3. The molecule has 0 atom stereocenters. The van der Waals surface area contributed by atoms with Crippen molar-refractivity contribution >= 4 is 23.4 Å². The monoisotopic (exact) mass is 311 g/mol. The quantitative estimate of drug-likeness (QED) is 0.878. The number of nitrogens with zero attached hydrogens (tertiary/aromatic N) is 2. The van der Waals surface area contributed by atoms with Crippen molar-refractivity contribution in [2.24, 2.45) is 0 Å². The highest BCUT2D eigenvalue weighted by atomic mass is 32.2. The second-order valence-electron chi connectivity index (χ2n) is 4.31. The minimum atomic E-state index is -4.52. The van der Waals surface area contributed by atoms with Gasteiger partial charge in [-0.1, -0.05) is 0 Å². The van der Waals surface area contributed by atoms with Gasteiger partial charge in [-0.3, -0.25) is 4.79 Å². The zero-order chi connectivity index (χ0) is 15.0. The number of aromatic nitrogens is 2. The molecule has 8 heteroatoms. The van der Waals surface area contributed by atoms with Crippen LogP contribution in [0, 0.1) is 0 Å². The van der Waals surface area contributed by atoms with Gasteiger partial charge in [-0.2, -0.15) is 13.2 Å². The molecule has 1 aromatic heterocycles. The number of halogens is 3. The molecule has 0 saturated carbocycles. The molecule has 1 aromatic carbocycles. The Morgan fingerprint density at radius 3 is 2.81 bits per heavy atom. The molecule has 0 radical (unpaired) electrons. The second kappa shape index (κ2) is 5.03. The number of hydrogen-bond donors (Lipinski definition) is 1. The summed E-state index contributed by atoms with van der Waals surface area (Å²) >= 11 is 1.38. The average Bonchev–Trinajstić information content (AvgIpc) is 2.45. The highest BCUT2D eigenvalue weighted by molar-refractivity contribution is 8.00. The highest BCUT2D eigenvalue weighted by Gasteiger charge is 2.32. The minimum Gasteiger partial charge on any atom is -0.324 e. The van der Waals surface area contributed by atoms with Crippen LogP contribution in [0.4, 0.5) is 18.9 Å². The molecule has 0 saturated heterocycles. The summed E-state index contributed by atoms with van der Waals surface area (Å²) in [6.45, 7) is 0. The van der Waals surface area contributed by atoms with Crippen molar-refractivity contribution in [1.82, 2.24) is 9.97 Å². The van der Waals surface area contributed by atoms with E-state index in [2.05, 4.69) is 15.3 Å². The Morgan fingerprint density at radius 1 is 1.24 bits per heavy atom. The van der Waals surface area contributed by atoms with Gasteiger partial charge in [-0.15, -0.1) is 11.8 Å². The molecule has 1 N–H and O–H groups in total. The lowest BCUT2D eigenvalue weighted by molar-refractivity contribution is -0.141. The molecule has 0 bridgehead atoms. The van der Waals surface area contributed by atoms with Gasteiger partial charge in [0.1, 0.15) is 5.69 Å². The van der Waals surface area contributed by atoms with Crippen molar-refractivity contribution in [3.63, 3.8) is 0 Å². The predicted molar refractivity (Wildman–Crippen MR) is 71.8 cm³/mol. The molecule has 0 fully saturated rings.